The molecule has 0 radical (unpaired) electrons. The Hall–Kier alpha value is -3.60. The van der Waals surface area contributed by atoms with Gasteiger partial charge in [-0.05, 0) is 30.7 Å². The molecule has 3 aromatic rings. The fraction of sp³-hybridized carbons (Fsp3) is 0.318. The second kappa shape index (κ2) is 9.90. The lowest BCUT2D eigenvalue weighted by Gasteiger charge is -2.20. The number of aromatic nitrogens is 3. The topological polar surface area (TPSA) is 142 Å². The summed E-state index contributed by atoms with van der Waals surface area (Å²) in [4.78, 5) is 24.3. The van der Waals surface area contributed by atoms with Crippen molar-refractivity contribution in [1.82, 2.24) is 14.5 Å². The molecule has 0 amide bonds. The molecule has 176 valence electrons. The van der Waals surface area contributed by atoms with Gasteiger partial charge in [-0.15, -0.1) is 0 Å². The van der Waals surface area contributed by atoms with Crippen molar-refractivity contribution in [1.29, 1.82) is 0 Å². The van der Waals surface area contributed by atoms with Crippen molar-refractivity contribution in [3.8, 4) is 11.5 Å². The number of fused-ring (bicyclic) bond motifs is 1. The van der Waals surface area contributed by atoms with E-state index in [0.717, 1.165) is 6.26 Å². The van der Waals surface area contributed by atoms with E-state index in [0.29, 0.717) is 46.0 Å². The molecule has 2 heterocycles. The number of H-pyrrole nitrogens is 1. The number of nitrogens with zero attached hydrogens (tertiary/aromatic N) is 3. The molecule has 0 spiro atoms. The van der Waals surface area contributed by atoms with Crippen molar-refractivity contribution in [3.05, 3.63) is 58.3 Å². The zero-order valence-corrected chi connectivity index (χ0v) is 19.7. The number of ether oxygens (including phenoxy) is 2. The molecule has 1 aromatic carbocycles. The van der Waals surface area contributed by atoms with Crippen LogP contribution >= 0.6 is 0 Å². The Balaban J connectivity index is 2.29. The van der Waals surface area contributed by atoms with E-state index in [9.17, 15) is 13.2 Å². The Morgan fingerprint density at radius 3 is 2.70 bits per heavy atom. The van der Waals surface area contributed by atoms with Gasteiger partial charge in [0, 0.05) is 43.1 Å². The summed E-state index contributed by atoms with van der Waals surface area (Å²) in [6, 6.07) is 5.92. The smallest absolute Gasteiger partial charge is 0.328 e. The highest BCUT2D eigenvalue weighted by molar-refractivity contribution is 7.90. The summed E-state index contributed by atoms with van der Waals surface area (Å²) in [6.45, 7) is 2.22. The van der Waals surface area contributed by atoms with Crippen LogP contribution in [0.2, 0.25) is 0 Å². The van der Waals surface area contributed by atoms with Crippen LogP contribution in [0.1, 0.15) is 24.1 Å². The molecule has 0 aliphatic carbocycles. The molecule has 3 N–H and O–H groups in total. The maximum absolute atomic E-state index is 13.1. The van der Waals surface area contributed by atoms with Gasteiger partial charge in [0.1, 0.15) is 9.84 Å². The van der Waals surface area contributed by atoms with Gasteiger partial charge in [0.2, 0.25) is 0 Å². The van der Waals surface area contributed by atoms with E-state index in [1.54, 1.807) is 37.5 Å². The SMILES string of the molecule is CCOc1cc([C@@H](CS(C)(=O)=O)n2c(=O)[nH]c3c(C(C=NC)=CN)ccnc32)ccc1OC. The van der Waals surface area contributed by atoms with Gasteiger partial charge in [0.25, 0.3) is 0 Å². The zero-order valence-electron chi connectivity index (χ0n) is 18.9. The van der Waals surface area contributed by atoms with E-state index in [-0.39, 0.29) is 5.75 Å². The minimum Gasteiger partial charge on any atom is -0.493 e. The van der Waals surface area contributed by atoms with E-state index >= 15 is 0 Å². The normalized spacial score (nSPS) is 13.5. The molecule has 33 heavy (non-hydrogen) atoms. The Kier molecular flexibility index (Phi) is 7.22. The number of rotatable bonds is 9. The number of methoxy groups -OCH3 is 1. The quantitative estimate of drug-likeness (QED) is 0.451. The van der Waals surface area contributed by atoms with Crippen molar-refractivity contribution in [3.63, 3.8) is 0 Å². The van der Waals surface area contributed by atoms with Crippen LogP contribution in [-0.4, -0.2) is 61.9 Å². The minimum absolute atomic E-state index is 0.295. The molecule has 0 bridgehead atoms. The van der Waals surface area contributed by atoms with E-state index in [1.165, 1.54) is 24.1 Å². The van der Waals surface area contributed by atoms with Gasteiger partial charge in [0.05, 0.1) is 31.0 Å². The lowest BCUT2D eigenvalue weighted by Crippen LogP contribution is -2.28. The first kappa shape index (κ1) is 24.1. The first-order chi connectivity index (χ1) is 15.7. The summed E-state index contributed by atoms with van der Waals surface area (Å²) in [5.41, 5.74) is 7.74. The molecule has 1 atom stereocenters. The predicted molar refractivity (Wildman–Crippen MR) is 129 cm³/mol. The summed E-state index contributed by atoms with van der Waals surface area (Å²) in [5.74, 6) is 0.631. The van der Waals surface area contributed by atoms with Crippen LogP contribution in [0.25, 0.3) is 16.7 Å². The van der Waals surface area contributed by atoms with Gasteiger partial charge >= 0.3 is 5.69 Å². The number of hydrogen-bond donors (Lipinski definition) is 2. The second-order valence-corrected chi connectivity index (χ2v) is 9.50. The maximum Gasteiger partial charge on any atom is 0.328 e. The third-order valence-electron chi connectivity index (χ3n) is 5.01. The molecule has 0 fully saturated rings. The molecule has 0 unspecified atom stereocenters. The summed E-state index contributed by atoms with van der Waals surface area (Å²) < 4.78 is 37.0. The molecule has 3 rings (SSSR count). The van der Waals surface area contributed by atoms with Crippen LogP contribution < -0.4 is 20.9 Å². The number of hydrogen-bond acceptors (Lipinski definition) is 8. The van der Waals surface area contributed by atoms with Gasteiger partial charge in [0.15, 0.2) is 17.1 Å². The number of nitrogens with two attached hydrogens (primary N) is 1. The number of nitrogens with one attached hydrogen (secondary N) is 1. The highest BCUT2D eigenvalue weighted by Gasteiger charge is 2.26. The number of aliphatic imine (C=N–C) groups is 1. The standard InChI is InChI=1S/C22H27N5O5S/c1-5-32-19-10-14(6-7-18(19)31-3)17(13-33(4,29)30)27-21-20(26-22(27)28)16(8-9-25-21)15(11-23)12-24-2/h6-12,17H,5,13,23H2,1-4H3,(H,26,28)/t17-/m1/s1. The largest absolute Gasteiger partial charge is 0.493 e. The van der Waals surface area contributed by atoms with E-state index < -0.39 is 21.6 Å². The Bertz CT molecular complexity index is 1370. The van der Waals surface area contributed by atoms with Gasteiger partial charge in [-0.1, -0.05) is 6.07 Å². The molecule has 0 aliphatic rings. The van der Waals surface area contributed by atoms with E-state index in [4.69, 9.17) is 15.2 Å². The summed E-state index contributed by atoms with van der Waals surface area (Å²) in [6.07, 6.45) is 5.60. The van der Waals surface area contributed by atoms with Gasteiger partial charge in [-0.3, -0.25) is 9.56 Å². The van der Waals surface area contributed by atoms with Gasteiger partial charge < -0.3 is 20.2 Å². The van der Waals surface area contributed by atoms with Crippen LogP contribution in [0.15, 0.2) is 46.4 Å². The Labute approximate surface area is 191 Å². The van der Waals surface area contributed by atoms with Crippen molar-refractivity contribution in [2.75, 3.05) is 32.8 Å². The second-order valence-electron chi connectivity index (χ2n) is 7.32. The van der Waals surface area contributed by atoms with Crippen LogP contribution in [0, 0.1) is 0 Å². The van der Waals surface area contributed by atoms with Crippen molar-refractivity contribution < 1.29 is 17.9 Å². The van der Waals surface area contributed by atoms with Gasteiger partial charge in [-0.25, -0.2) is 18.2 Å². The summed E-state index contributed by atoms with van der Waals surface area (Å²) in [5, 5.41) is 0. The van der Waals surface area contributed by atoms with Crippen molar-refractivity contribution in [2.24, 2.45) is 10.7 Å². The molecule has 0 saturated heterocycles. The number of imidazole rings is 1. The van der Waals surface area contributed by atoms with Crippen LogP contribution in [0.4, 0.5) is 0 Å². The summed E-state index contributed by atoms with van der Waals surface area (Å²) >= 11 is 0. The first-order valence-electron chi connectivity index (χ1n) is 10.2. The highest BCUT2D eigenvalue weighted by atomic mass is 32.2. The fourth-order valence-electron chi connectivity index (χ4n) is 3.67. The third kappa shape index (κ3) is 5.08. The monoisotopic (exact) mass is 473 g/mol. The van der Waals surface area contributed by atoms with E-state index in [1.807, 2.05) is 6.92 Å². The highest BCUT2D eigenvalue weighted by Crippen LogP contribution is 2.33. The number of aromatic amines is 1. The zero-order chi connectivity index (χ0) is 24.2. The molecular formula is C22H27N5O5S. The molecule has 0 aliphatic heterocycles. The van der Waals surface area contributed by atoms with Crippen LogP contribution in [0.5, 0.6) is 11.5 Å². The van der Waals surface area contributed by atoms with Crippen molar-refractivity contribution >= 4 is 32.8 Å². The first-order valence-corrected chi connectivity index (χ1v) is 12.2. The fourth-order valence-corrected chi connectivity index (χ4v) is 4.58. The maximum atomic E-state index is 13.1. The average molecular weight is 474 g/mol. The van der Waals surface area contributed by atoms with E-state index in [2.05, 4.69) is 15.0 Å². The number of pyridine rings is 1. The minimum atomic E-state index is -3.49. The van der Waals surface area contributed by atoms with Crippen LogP contribution in [-0.2, 0) is 9.84 Å². The van der Waals surface area contributed by atoms with Crippen LogP contribution in [0.3, 0.4) is 0 Å². The molecule has 2 aromatic heterocycles. The molecule has 11 heteroatoms. The molecule has 0 saturated carbocycles. The predicted octanol–water partition coefficient (Wildman–Crippen LogP) is 1.77. The molecular weight excluding hydrogens is 446 g/mol. The lowest BCUT2D eigenvalue weighted by atomic mass is 10.1. The third-order valence-corrected chi connectivity index (χ3v) is 5.93. The Morgan fingerprint density at radius 2 is 2.09 bits per heavy atom. The number of allylic oxidation sites excluding steroid dienone is 1. The lowest BCUT2D eigenvalue weighted by molar-refractivity contribution is 0.310. The number of benzene rings is 1. The summed E-state index contributed by atoms with van der Waals surface area (Å²) in [7, 11) is -0.364. The number of sulfone groups is 1. The van der Waals surface area contributed by atoms with Gasteiger partial charge in [-0.2, -0.15) is 0 Å². The molecule has 10 nitrogen and oxygen atoms in total. The van der Waals surface area contributed by atoms with Crippen molar-refractivity contribution in [2.45, 2.75) is 13.0 Å². The average Bonchev–Trinajstić information content (AvgIpc) is 3.11. The Morgan fingerprint density at radius 1 is 1.33 bits per heavy atom.